The number of rotatable bonds is 9. The summed E-state index contributed by atoms with van der Waals surface area (Å²) in [6, 6.07) is 9.17. The van der Waals surface area contributed by atoms with Crippen LogP contribution in [0.1, 0.15) is 60.4 Å². The van der Waals surface area contributed by atoms with E-state index in [1.807, 2.05) is 6.07 Å². The van der Waals surface area contributed by atoms with Gasteiger partial charge >= 0.3 is 6.18 Å². The molecule has 40 heavy (non-hydrogen) atoms. The van der Waals surface area contributed by atoms with Crippen molar-refractivity contribution in [1.82, 2.24) is 14.8 Å². The summed E-state index contributed by atoms with van der Waals surface area (Å²) in [6.07, 6.45) is 0.551. The number of carbonyl (C=O) groups excluding carboxylic acids is 2. The zero-order chi connectivity index (χ0) is 28.9. The van der Waals surface area contributed by atoms with E-state index in [1.165, 1.54) is 37.3 Å². The maximum atomic E-state index is 13.9. The number of pyridine rings is 1. The number of hydrogen-bond donors (Lipinski definition) is 0. The first-order chi connectivity index (χ1) is 19.1. The summed E-state index contributed by atoms with van der Waals surface area (Å²) >= 11 is 6.38. The maximum Gasteiger partial charge on any atom is 0.404 e. The number of ether oxygens (including phenoxy) is 1. The van der Waals surface area contributed by atoms with E-state index in [1.54, 1.807) is 17.0 Å². The van der Waals surface area contributed by atoms with Gasteiger partial charge in [-0.2, -0.15) is 13.2 Å². The van der Waals surface area contributed by atoms with Crippen LogP contribution in [0.25, 0.3) is 0 Å². The molecule has 0 saturated carbocycles. The van der Waals surface area contributed by atoms with Gasteiger partial charge in [0.25, 0.3) is 5.91 Å². The van der Waals surface area contributed by atoms with E-state index in [9.17, 15) is 22.8 Å². The second-order valence-corrected chi connectivity index (χ2v) is 10.9. The van der Waals surface area contributed by atoms with Crippen molar-refractivity contribution in [2.45, 2.75) is 50.6 Å². The van der Waals surface area contributed by atoms with Gasteiger partial charge in [0.05, 0.1) is 12.7 Å². The Morgan fingerprint density at radius 2 is 1.82 bits per heavy atom. The van der Waals surface area contributed by atoms with Crippen LogP contribution in [0.4, 0.5) is 19.0 Å². The molecule has 2 aliphatic rings. The van der Waals surface area contributed by atoms with Crippen LogP contribution in [0.3, 0.4) is 0 Å². The highest BCUT2D eigenvalue weighted by Gasteiger charge is 2.47. The van der Waals surface area contributed by atoms with Crippen LogP contribution in [-0.2, 0) is 4.79 Å². The van der Waals surface area contributed by atoms with E-state index in [-0.39, 0.29) is 28.9 Å². The first-order valence-corrected chi connectivity index (χ1v) is 14.1. The number of methoxy groups -OCH3 is 1. The molecule has 0 aliphatic carbocycles. The molecule has 0 spiro atoms. The molecule has 2 saturated heterocycles. The van der Waals surface area contributed by atoms with E-state index < -0.39 is 18.0 Å². The van der Waals surface area contributed by atoms with Crippen LogP contribution in [0.2, 0.25) is 5.15 Å². The van der Waals surface area contributed by atoms with Crippen LogP contribution in [-0.4, -0.2) is 79.7 Å². The number of likely N-dealkylation sites (N-methyl/N-ethyl adjacent to an activating group) is 1. The Bertz CT molecular complexity index is 1180. The minimum Gasteiger partial charge on any atom is -0.497 e. The Balaban J connectivity index is 1.26. The van der Waals surface area contributed by atoms with Gasteiger partial charge in [-0.15, -0.1) is 0 Å². The Hall–Kier alpha value is -3.01. The molecule has 2 aromatic rings. The first-order valence-electron chi connectivity index (χ1n) is 13.7. The van der Waals surface area contributed by atoms with Gasteiger partial charge in [0.1, 0.15) is 16.7 Å². The number of halogens is 4. The summed E-state index contributed by atoms with van der Waals surface area (Å²) in [5.74, 6) is -1.85. The number of likely N-dealkylation sites (tertiary alicyclic amines) is 1. The van der Waals surface area contributed by atoms with Crippen molar-refractivity contribution in [2.75, 3.05) is 51.8 Å². The average Bonchev–Trinajstić information content (AvgIpc) is 3.47. The Kier molecular flexibility index (Phi) is 9.81. The molecule has 0 N–H and O–H groups in total. The van der Waals surface area contributed by atoms with E-state index in [0.717, 1.165) is 64.1 Å². The van der Waals surface area contributed by atoms with Gasteiger partial charge in [0.15, 0.2) is 5.92 Å². The molecule has 7 nitrogen and oxygen atoms in total. The highest BCUT2D eigenvalue weighted by Crippen LogP contribution is 2.37. The highest BCUT2D eigenvalue weighted by molar-refractivity contribution is 6.32. The molecule has 0 unspecified atom stereocenters. The Morgan fingerprint density at radius 3 is 2.45 bits per heavy atom. The lowest BCUT2D eigenvalue weighted by Crippen LogP contribution is -2.39. The summed E-state index contributed by atoms with van der Waals surface area (Å²) in [6.45, 7) is 3.29. The summed E-state index contributed by atoms with van der Waals surface area (Å²) in [5, 5.41) is 0.218. The van der Waals surface area contributed by atoms with Gasteiger partial charge in [-0.25, -0.2) is 4.98 Å². The van der Waals surface area contributed by atoms with Crippen molar-refractivity contribution >= 4 is 29.2 Å². The SMILES string of the molecule is COc1cccc([C@@H](C(=O)N(C)CCCC2CCN(c3ccc(C(=O)N4CCCC4)c(Cl)n3)CC2)C(F)(F)F)c1. The summed E-state index contributed by atoms with van der Waals surface area (Å²) in [7, 11) is 2.80. The van der Waals surface area contributed by atoms with Crippen molar-refractivity contribution < 1.29 is 27.5 Å². The number of anilines is 1. The quantitative estimate of drug-likeness (QED) is 0.352. The van der Waals surface area contributed by atoms with Gasteiger partial charge in [-0.3, -0.25) is 9.59 Å². The Morgan fingerprint density at radius 1 is 1.12 bits per heavy atom. The fourth-order valence-electron chi connectivity index (χ4n) is 5.54. The molecular formula is C29H36ClF3N4O3. The van der Waals surface area contributed by atoms with Gasteiger partial charge in [-0.05, 0) is 74.3 Å². The maximum absolute atomic E-state index is 13.9. The third-order valence-corrected chi connectivity index (χ3v) is 8.17. The molecule has 1 aromatic heterocycles. The van der Waals surface area contributed by atoms with Crippen molar-refractivity contribution in [3.8, 4) is 5.75 Å². The lowest BCUT2D eigenvalue weighted by atomic mass is 9.92. The second-order valence-electron chi connectivity index (χ2n) is 10.6. The zero-order valence-corrected chi connectivity index (χ0v) is 23.7. The van der Waals surface area contributed by atoms with Crippen molar-refractivity contribution in [2.24, 2.45) is 5.92 Å². The summed E-state index contributed by atoms with van der Waals surface area (Å²) in [4.78, 5) is 35.2. The molecule has 11 heteroatoms. The molecule has 0 radical (unpaired) electrons. The van der Waals surface area contributed by atoms with Gasteiger partial charge in [0.2, 0.25) is 5.91 Å². The lowest BCUT2D eigenvalue weighted by Gasteiger charge is -2.33. The number of nitrogens with zero attached hydrogens (tertiary/aromatic N) is 4. The number of carbonyl (C=O) groups is 2. The topological polar surface area (TPSA) is 66.0 Å². The number of amides is 2. The number of hydrogen-bond acceptors (Lipinski definition) is 5. The van der Waals surface area contributed by atoms with Crippen LogP contribution in [0, 0.1) is 5.92 Å². The van der Waals surface area contributed by atoms with Crippen molar-refractivity contribution in [1.29, 1.82) is 0 Å². The molecule has 3 heterocycles. The van der Waals surface area contributed by atoms with Crippen LogP contribution < -0.4 is 9.64 Å². The largest absolute Gasteiger partial charge is 0.497 e. The molecule has 1 aromatic carbocycles. The standard InChI is InChI=1S/C29H36ClF3N4O3/c1-35(28(39)25(29(31,32)33)21-8-5-9-22(19-21)40-2)14-6-7-20-12-17-36(18-13-20)24-11-10-23(26(30)34-24)27(38)37-15-3-4-16-37/h5,8-11,19-20,25H,3-4,6-7,12-18H2,1-2H3/t25-/m0/s1. The van der Waals surface area contributed by atoms with E-state index in [2.05, 4.69) is 9.88 Å². The number of piperidine rings is 1. The molecule has 2 fully saturated rings. The minimum absolute atomic E-state index is 0.0752. The number of aromatic nitrogens is 1. The molecule has 218 valence electrons. The predicted molar refractivity (Wildman–Crippen MR) is 148 cm³/mol. The molecule has 1 atom stereocenters. The van der Waals surface area contributed by atoms with E-state index >= 15 is 0 Å². The molecule has 2 aliphatic heterocycles. The lowest BCUT2D eigenvalue weighted by molar-refractivity contribution is -0.171. The minimum atomic E-state index is -4.71. The second kappa shape index (κ2) is 13.1. The van der Waals surface area contributed by atoms with E-state index in [0.29, 0.717) is 17.9 Å². The predicted octanol–water partition coefficient (Wildman–Crippen LogP) is 5.78. The smallest absolute Gasteiger partial charge is 0.404 e. The van der Waals surface area contributed by atoms with Crippen LogP contribution >= 0.6 is 11.6 Å². The monoisotopic (exact) mass is 580 g/mol. The van der Waals surface area contributed by atoms with Gasteiger partial charge in [0, 0.05) is 39.8 Å². The number of benzene rings is 1. The first kappa shape index (κ1) is 30.0. The third-order valence-electron chi connectivity index (χ3n) is 7.88. The number of alkyl halides is 3. The molecular weight excluding hydrogens is 545 g/mol. The third kappa shape index (κ3) is 7.19. The normalized spacial score (nSPS) is 17.1. The van der Waals surface area contributed by atoms with Crippen LogP contribution in [0.15, 0.2) is 36.4 Å². The van der Waals surface area contributed by atoms with Crippen LogP contribution in [0.5, 0.6) is 5.75 Å². The fraction of sp³-hybridized carbons (Fsp3) is 0.552. The fourth-order valence-corrected chi connectivity index (χ4v) is 5.77. The van der Waals surface area contributed by atoms with Gasteiger partial charge in [-0.1, -0.05) is 23.7 Å². The van der Waals surface area contributed by atoms with E-state index in [4.69, 9.17) is 16.3 Å². The molecule has 4 rings (SSSR count). The zero-order valence-electron chi connectivity index (χ0n) is 22.9. The average molecular weight is 581 g/mol. The Labute approximate surface area is 238 Å². The van der Waals surface area contributed by atoms with Gasteiger partial charge < -0.3 is 19.4 Å². The summed E-state index contributed by atoms with van der Waals surface area (Å²) in [5.41, 5.74) is 0.304. The molecule has 2 amide bonds. The van der Waals surface area contributed by atoms with Crippen molar-refractivity contribution in [3.05, 3.63) is 52.7 Å². The van der Waals surface area contributed by atoms with Crippen molar-refractivity contribution in [3.63, 3.8) is 0 Å². The summed E-state index contributed by atoms with van der Waals surface area (Å²) < 4.78 is 46.7. The highest BCUT2D eigenvalue weighted by atomic mass is 35.5. The molecule has 0 bridgehead atoms.